The summed E-state index contributed by atoms with van der Waals surface area (Å²) in [6, 6.07) is 4.10. The lowest BCUT2D eigenvalue weighted by molar-refractivity contribution is 0.480. The van der Waals surface area contributed by atoms with Crippen molar-refractivity contribution in [3.05, 3.63) is 55.3 Å². The van der Waals surface area contributed by atoms with E-state index in [-0.39, 0.29) is 0 Å². The van der Waals surface area contributed by atoms with Crippen molar-refractivity contribution in [1.29, 1.82) is 0 Å². The molecular weight excluding hydrogens is 160 g/mol. The van der Waals surface area contributed by atoms with E-state index in [1.165, 1.54) is 5.92 Å². The van der Waals surface area contributed by atoms with Gasteiger partial charge in [-0.1, -0.05) is 6.92 Å². The van der Waals surface area contributed by atoms with Gasteiger partial charge in [0.1, 0.15) is 11.5 Å². The molecule has 1 aromatic heterocycles. The minimum atomic E-state index is 0.980. The molecule has 1 fully saturated rings. The Morgan fingerprint density at radius 2 is 1.92 bits per heavy atom. The third kappa shape index (κ3) is 1.96. The Labute approximate surface area is 80.1 Å². The molecule has 0 spiro atoms. The molecule has 5 radical (unpaired) electrons. The molecule has 0 N–H and O–H groups in total. The summed E-state index contributed by atoms with van der Waals surface area (Å²) in [5.74, 6) is 3.23. The highest BCUT2D eigenvalue weighted by molar-refractivity contribution is 5.45. The van der Waals surface area contributed by atoms with E-state index in [0.717, 1.165) is 24.4 Å². The van der Waals surface area contributed by atoms with Gasteiger partial charge in [0.25, 0.3) is 0 Å². The van der Waals surface area contributed by atoms with Crippen molar-refractivity contribution in [3.8, 4) is 0 Å². The molecule has 0 aromatic carbocycles. The second-order valence-electron chi connectivity index (χ2n) is 3.19. The van der Waals surface area contributed by atoms with Gasteiger partial charge in [-0.25, -0.2) is 0 Å². The summed E-state index contributed by atoms with van der Waals surface area (Å²) in [4.78, 5) is 0. The molecular formula is C12H13O. The van der Waals surface area contributed by atoms with Gasteiger partial charge in [0.2, 0.25) is 0 Å². The molecule has 1 nitrogen and oxygen atoms in total. The zero-order valence-corrected chi connectivity index (χ0v) is 7.79. The van der Waals surface area contributed by atoms with E-state index in [1.54, 1.807) is 0 Å². The van der Waals surface area contributed by atoms with Crippen molar-refractivity contribution in [2.75, 3.05) is 0 Å². The quantitative estimate of drug-likeness (QED) is 0.684. The van der Waals surface area contributed by atoms with E-state index < -0.39 is 0 Å². The van der Waals surface area contributed by atoms with Gasteiger partial charge in [-0.3, -0.25) is 0 Å². The van der Waals surface area contributed by atoms with E-state index in [1.807, 2.05) is 18.9 Å². The highest BCUT2D eigenvalue weighted by Crippen LogP contribution is 2.31. The molecule has 0 saturated heterocycles. The van der Waals surface area contributed by atoms with Crippen molar-refractivity contribution in [3.63, 3.8) is 0 Å². The van der Waals surface area contributed by atoms with E-state index >= 15 is 0 Å². The molecule has 0 atom stereocenters. The molecule has 1 heteroatoms. The maximum absolute atomic E-state index is 5.67. The van der Waals surface area contributed by atoms with Crippen LogP contribution >= 0.6 is 0 Å². The summed E-state index contributed by atoms with van der Waals surface area (Å²) in [7, 11) is 0. The third-order valence-corrected chi connectivity index (χ3v) is 2.11. The van der Waals surface area contributed by atoms with Crippen LogP contribution in [0.25, 0.3) is 0 Å². The molecule has 0 aliphatic heterocycles. The van der Waals surface area contributed by atoms with Crippen LogP contribution in [-0.2, 0) is 6.42 Å². The molecule has 2 rings (SSSR count). The SMILES string of the molecule is CCCc1ccc([C]2[CH][CH][CH][CH]2)o1. The lowest BCUT2D eigenvalue weighted by Gasteiger charge is -2.01. The predicted octanol–water partition coefficient (Wildman–Crippen LogP) is 2.99. The van der Waals surface area contributed by atoms with Gasteiger partial charge < -0.3 is 4.42 Å². The smallest absolute Gasteiger partial charge is 0.111 e. The molecule has 67 valence electrons. The van der Waals surface area contributed by atoms with Crippen LogP contribution in [0.5, 0.6) is 0 Å². The fraction of sp³-hybridized carbons (Fsp3) is 0.250. The van der Waals surface area contributed by atoms with E-state index in [4.69, 9.17) is 4.42 Å². The Morgan fingerprint density at radius 1 is 1.15 bits per heavy atom. The van der Waals surface area contributed by atoms with Crippen LogP contribution in [0, 0.1) is 31.6 Å². The fourth-order valence-electron chi connectivity index (χ4n) is 1.45. The Hall–Kier alpha value is -0.720. The number of furan rings is 1. The summed E-state index contributed by atoms with van der Waals surface area (Å²) < 4.78 is 5.67. The Bertz CT molecular complexity index is 256. The average molecular weight is 173 g/mol. The zero-order chi connectivity index (χ0) is 9.10. The zero-order valence-electron chi connectivity index (χ0n) is 7.79. The van der Waals surface area contributed by atoms with Gasteiger partial charge in [-0.05, 0) is 44.2 Å². The molecule has 0 amide bonds. The van der Waals surface area contributed by atoms with Crippen LogP contribution in [0.2, 0.25) is 0 Å². The van der Waals surface area contributed by atoms with Gasteiger partial charge in [0.05, 0.1) is 0 Å². The molecule has 0 unspecified atom stereocenters. The number of hydrogen-bond acceptors (Lipinski definition) is 1. The normalized spacial score (nSPS) is 18.2. The van der Waals surface area contributed by atoms with Crippen LogP contribution in [-0.4, -0.2) is 0 Å². The van der Waals surface area contributed by atoms with Crippen LogP contribution < -0.4 is 0 Å². The highest BCUT2D eigenvalue weighted by atomic mass is 16.3. The summed E-state index contributed by atoms with van der Waals surface area (Å²) in [5.41, 5.74) is 0. The van der Waals surface area contributed by atoms with E-state index in [9.17, 15) is 0 Å². The molecule has 1 heterocycles. The number of aryl methyl sites for hydroxylation is 1. The lowest BCUT2D eigenvalue weighted by Crippen LogP contribution is -1.91. The standard InChI is InChI=1S/C12H13O/c1-2-5-11-8-9-12(13-11)10-6-3-4-7-10/h3-4,6-9H,2,5H2,1H3. The van der Waals surface area contributed by atoms with Crippen LogP contribution in [0.3, 0.4) is 0 Å². The molecule has 1 aromatic rings. The molecule has 0 bridgehead atoms. The highest BCUT2D eigenvalue weighted by Gasteiger charge is 2.21. The fourth-order valence-corrected chi connectivity index (χ4v) is 1.45. The molecule has 1 saturated carbocycles. The maximum Gasteiger partial charge on any atom is 0.111 e. The third-order valence-electron chi connectivity index (χ3n) is 2.11. The van der Waals surface area contributed by atoms with Gasteiger partial charge in [-0.15, -0.1) is 0 Å². The van der Waals surface area contributed by atoms with Crippen molar-refractivity contribution in [1.82, 2.24) is 0 Å². The van der Waals surface area contributed by atoms with Crippen molar-refractivity contribution >= 4 is 0 Å². The van der Waals surface area contributed by atoms with Crippen LogP contribution in [0.1, 0.15) is 24.9 Å². The van der Waals surface area contributed by atoms with Crippen LogP contribution in [0.15, 0.2) is 16.5 Å². The van der Waals surface area contributed by atoms with E-state index in [0.29, 0.717) is 0 Å². The topological polar surface area (TPSA) is 13.1 Å². The molecule has 1 aliphatic carbocycles. The summed E-state index contributed by atoms with van der Waals surface area (Å²) >= 11 is 0. The maximum atomic E-state index is 5.67. The Balaban J connectivity index is 2.03. The molecule has 1 aliphatic rings. The molecule has 13 heavy (non-hydrogen) atoms. The Morgan fingerprint density at radius 3 is 2.62 bits per heavy atom. The first-order chi connectivity index (χ1) is 6.40. The van der Waals surface area contributed by atoms with Gasteiger partial charge >= 0.3 is 0 Å². The van der Waals surface area contributed by atoms with Crippen LogP contribution in [0.4, 0.5) is 0 Å². The average Bonchev–Trinajstić information content (AvgIpc) is 2.70. The summed E-state index contributed by atoms with van der Waals surface area (Å²) in [6.45, 7) is 2.16. The minimum Gasteiger partial charge on any atom is -0.465 e. The van der Waals surface area contributed by atoms with Crippen molar-refractivity contribution in [2.24, 2.45) is 0 Å². The van der Waals surface area contributed by atoms with Gasteiger partial charge in [0.15, 0.2) is 0 Å². The summed E-state index contributed by atoms with van der Waals surface area (Å²) in [5, 5.41) is 0. The largest absolute Gasteiger partial charge is 0.465 e. The number of hydrogen-bond donors (Lipinski definition) is 0. The number of rotatable bonds is 3. The van der Waals surface area contributed by atoms with Gasteiger partial charge in [-0.2, -0.15) is 0 Å². The minimum absolute atomic E-state index is 0.980. The second kappa shape index (κ2) is 3.99. The summed E-state index contributed by atoms with van der Waals surface area (Å²) in [6.07, 6.45) is 10.3. The lowest BCUT2D eigenvalue weighted by atomic mass is 10.1. The second-order valence-corrected chi connectivity index (χ2v) is 3.19. The first-order valence-electron chi connectivity index (χ1n) is 4.71. The van der Waals surface area contributed by atoms with Crippen molar-refractivity contribution < 1.29 is 4.42 Å². The monoisotopic (exact) mass is 173 g/mol. The van der Waals surface area contributed by atoms with Crippen molar-refractivity contribution in [2.45, 2.75) is 19.8 Å². The predicted molar refractivity (Wildman–Crippen MR) is 52.2 cm³/mol. The first-order valence-corrected chi connectivity index (χ1v) is 4.71. The Kier molecular flexibility index (Phi) is 2.72. The van der Waals surface area contributed by atoms with Gasteiger partial charge in [0, 0.05) is 12.3 Å². The first kappa shape index (κ1) is 8.86. The van der Waals surface area contributed by atoms with E-state index in [2.05, 4.69) is 25.8 Å².